The summed E-state index contributed by atoms with van der Waals surface area (Å²) >= 11 is 1.64. The van der Waals surface area contributed by atoms with Gasteiger partial charge in [-0.3, -0.25) is 0 Å². The van der Waals surface area contributed by atoms with Crippen LogP contribution in [0.4, 0.5) is 5.13 Å². The first kappa shape index (κ1) is 12.8. The van der Waals surface area contributed by atoms with Crippen molar-refractivity contribution in [2.75, 3.05) is 19.0 Å². The number of ether oxygens (including phenoxy) is 1. The summed E-state index contributed by atoms with van der Waals surface area (Å²) in [4.78, 5) is 9.66. The van der Waals surface area contributed by atoms with E-state index in [1.54, 1.807) is 24.6 Å². The summed E-state index contributed by atoms with van der Waals surface area (Å²) in [6, 6.07) is 3.85. The second kappa shape index (κ2) is 5.82. The van der Waals surface area contributed by atoms with Crippen LogP contribution in [-0.4, -0.2) is 23.6 Å². The first-order valence-electron chi connectivity index (χ1n) is 5.89. The minimum absolute atomic E-state index is 0.611. The molecule has 0 amide bonds. The predicted octanol–water partition coefficient (Wildman–Crippen LogP) is 3.28. The van der Waals surface area contributed by atoms with Crippen LogP contribution in [0.2, 0.25) is 0 Å². The monoisotopic (exact) mass is 263 g/mol. The third-order valence-corrected chi connectivity index (χ3v) is 3.40. The van der Waals surface area contributed by atoms with Crippen molar-refractivity contribution in [3.8, 4) is 16.3 Å². The quantitative estimate of drug-likeness (QED) is 0.899. The van der Waals surface area contributed by atoms with Gasteiger partial charge in [-0.2, -0.15) is 0 Å². The van der Waals surface area contributed by atoms with Gasteiger partial charge in [-0.25, -0.2) is 9.97 Å². The molecule has 0 bridgehead atoms. The molecule has 0 aliphatic rings. The van der Waals surface area contributed by atoms with E-state index in [1.807, 2.05) is 18.3 Å². The van der Waals surface area contributed by atoms with Gasteiger partial charge in [-0.15, -0.1) is 0 Å². The van der Waals surface area contributed by atoms with Gasteiger partial charge >= 0.3 is 0 Å². The van der Waals surface area contributed by atoms with Gasteiger partial charge in [-0.1, -0.05) is 25.2 Å². The highest BCUT2D eigenvalue weighted by Crippen LogP contribution is 2.29. The summed E-state index contributed by atoms with van der Waals surface area (Å²) in [5, 5.41) is 4.27. The fraction of sp³-hybridized carbons (Fsp3) is 0.385. The van der Waals surface area contributed by atoms with Gasteiger partial charge in [0.25, 0.3) is 0 Å². The molecule has 0 aromatic carbocycles. The van der Waals surface area contributed by atoms with Gasteiger partial charge in [0.05, 0.1) is 12.0 Å². The van der Waals surface area contributed by atoms with Crippen LogP contribution in [0.3, 0.4) is 0 Å². The third-order valence-electron chi connectivity index (χ3n) is 2.40. The molecule has 0 aliphatic heterocycles. The summed E-state index contributed by atoms with van der Waals surface area (Å²) in [6.45, 7) is 5.29. The van der Waals surface area contributed by atoms with E-state index >= 15 is 0 Å². The Morgan fingerprint density at radius 2 is 2.11 bits per heavy atom. The summed E-state index contributed by atoms with van der Waals surface area (Å²) in [5.41, 5.74) is 1.06. The lowest BCUT2D eigenvalue weighted by atomic mass is 10.2. The van der Waals surface area contributed by atoms with Crippen LogP contribution in [0, 0.1) is 5.92 Å². The van der Waals surface area contributed by atoms with Crippen molar-refractivity contribution in [2.24, 2.45) is 5.92 Å². The van der Waals surface area contributed by atoms with Crippen LogP contribution in [-0.2, 0) is 0 Å². The van der Waals surface area contributed by atoms with Gasteiger partial charge in [0.15, 0.2) is 5.13 Å². The van der Waals surface area contributed by atoms with Crippen LogP contribution in [0.25, 0.3) is 10.4 Å². The number of methoxy groups -OCH3 is 1. The Labute approximate surface area is 111 Å². The number of rotatable bonds is 5. The summed E-state index contributed by atoms with van der Waals surface area (Å²) < 4.78 is 5.04. The predicted molar refractivity (Wildman–Crippen MR) is 75.2 cm³/mol. The Hall–Kier alpha value is -1.62. The zero-order chi connectivity index (χ0) is 13.0. The van der Waals surface area contributed by atoms with Gasteiger partial charge < -0.3 is 10.1 Å². The van der Waals surface area contributed by atoms with Crippen LogP contribution in [0.15, 0.2) is 24.5 Å². The van der Waals surface area contributed by atoms with Crippen LogP contribution >= 0.6 is 11.3 Å². The number of aromatic nitrogens is 2. The summed E-state index contributed by atoms with van der Waals surface area (Å²) in [6.07, 6.45) is 3.68. The Balaban J connectivity index is 2.08. The number of nitrogens with one attached hydrogen (secondary N) is 1. The number of pyridine rings is 1. The van der Waals surface area contributed by atoms with Gasteiger partial charge in [0, 0.05) is 30.6 Å². The molecular formula is C13H17N3OS. The molecule has 0 fully saturated rings. The summed E-state index contributed by atoms with van der Waals surface area (Å²) in [5.74, 6) is 1.24. The molecule has 0 radical (unpaired) electrons. The van der Waals surface area contributed by atoms with Gasteiger partial charge in [-0.05, 0) is 12.0 Å². The number of hydrogen-bond acceptors (Lipinski definition) is 5. The molecule has 0 saturated heterocycles. The molecule has 0 aliphatic carbocycles. The molecule has 0 saturated carbocycles. The van der Waals surface area contributed by atoms with Crippen molar-refractivity contribution in [3.63, 3.8) is 0 Å². The Morgan fingerprint density at radius 1 is 1.28 bits per heavy atom. The largest absolute Gasteiger partial charge is 0.481 e. The molecule has 0 atom stereocenters. The molecular weight excluding hydrogens is 246 g/mol. The minimum Gasteiger partial charge on any atom is -0.481 e. The van der Waals surface area contributed by atoms with Crippen molar-refractivity contribution in [3.05, 3.63) is 24.5 Å². The summed E-state index contributed by atoms with van der Waals surface area (Å²) in [7, 11) is 1.61. The Bertz CT molecular complexity index is 493. The zero-order valence-electron chi connectivity index (χ0n) is 10.8. The van der Waals surface area contributed by atoms with Crippen molar-refractivity contribution < 1.29 is 4.74 Å². The lowest BCUT2D eigenvalue weighted by molar-refractivity contribution is 0.398. The van der Waals surface area contributed by atoms with Gasteiger partial charge in [0.2, 0.25) is 5.88 Å². The van der Waals surface area contributed by atoms with E-state index in [-0.39, 0.29) is 0 Å². The fourth-order valence-electron chi connectivity index (χ4n) is 1.43. The number of anilines is 1. The lowest BCUT2D eigenvalue weighted by Crippen LogP contribution is -2.07. The standard InChI is InChI=1S/C13H17N3OS/c1-9(2)6-15-13-16-8-11(18-13)10-4-5-12(17-3)14-7-10/h4-5,7-9H,6H2,1-3H3,(H,15,16). The van der Waals surface area contributed by atoms with Crippen molar-refractivity contribution in [1.29, 1.82) is 0 Å². The second-order valence-electron chi connectivity index (χ2n) is 4.39. The SMILES string of the molecule is COc1ccc(-c2cnc(NCC(C)C)s2)cn1. The molecule has 0 unspecified atom stereocenters. The third kappa shape index (κ3) is 3.20. The topological polar surface area (TPSA) is 47.0 Å². The first-order chi connectivity index (χ1) is 8.69. The van der Waals surface area contributed by atoms with Gasteiger partial charge in [0.1, 0.15) is 0 Å². The van der Waals surface area contributed by atoms with E-state index in [4.69, 9.17) is 4.74 Å². The highest BCUT2D eigenvalue weighted by molar-refractivity contribution is 7.18. The highest BCUT2D eigenvalue weighted by Gasteiger charge is 2.05. The van der Waals surface area contributed by atoms with E-state index < -0.39 is 0 Å². The molecule has 5 heteroatoms. The van der Waals surface area contributed by atoms with Crippen LogP contribution < -0.4 is 10.1 Å². The Kier molecular flexibility index (Phi) is 4.15. The molecule has 2 aromatic rings. The average molecular weight is 263 g/mol. The maximum atomic E-state index is 5.04. The molecule has 1 N–H and O–H groups in total. The second-order valence-corrected chi connectivity index (χ2v) is 5.42. The molecule has 2 aromatic heterocycles. The van der Waals surface area contributed by atoms with Crippen molar-refractivity contribution in [2.45, 2.75) is 13.8 Å². The van der Waals surface area contributed by atoms with E-state index in [0.717, 1.165) is 22.1 Å². The smallest absolute Gasteiger partial charge is 0.212 e. The van der Waals surface area contributed by atoms with Crippen LogP contribution in [0.5, 0.6) is 5.88 Å². The van der Waals surface area contributed by atoms with E-state index in [9.17, 15) is 0 Å². The fourth-order valence-corrected chi connectivity index (χ4v) is 2.24. The first-order valence-corrected chi connectivity index (χ1v) is 6.71. The van der Waals surface area contributed by atoms with Crippen LogP contribution in [0.1, 0.15) is 13.8 Å². The maximum Gasteiger partial charge on any atom is 0.212 e. The number of thiazole rings is 1. The van der Waals surface area contributed by atoms with E-state index in [2.05, 4.69) is 29.1 Å². The minimum atomic E-state index is 0.611. The molecule has 18 heavy (non-hydrogen) atoms. The molecule has 4 nitrogen and oxygen atoms in total. The normalized spacial score (nSPS) is 10.7. The lowest BCUT2D eigenvalue weighted by Gasteiger charge is -2.04. The van der Waals surface area contributed by atoms with Crippen molar-refractivity contribution >= 4 is 16.5 Å². The van der Waals surface area contributed by atoms with E-state index in [0.29, 0.717) is 11.8 Å². The highest BCUT2D eigenvalue weighted by atomic mass is 32.1. The molecule has 0 spiro atoms. The number of hydrogen-bond donors (Lipinski definition) is 1. The number of nitrogens with zero attached hydrogens (tertiary/aromatic N) is 2. The Morgan fingerprint density at radius 3 is 2.72 bits per heavy atom. The van der Waals surface area contributed by atoms with Crippen molar-refractivity contribution in [1.82, 2.24) is 9.97 Å². The maximum absolute atomic E-state index is 5.04. The molecule has 2 rings (SSSR count). The zero-order valence-corrected chi connectivity index (χ0v) is 11.6. The molecule has 2 heterocycles. The molecule has 96 valence electrons. The average Bonchev–Trinajstić information content (AvgIpc) is 2.85. The van der Waals surface area contributed by atoms with E-state index in [1.165, 1.54) is 0 Å².